The van der Waals surface area contributed by atoms with Crippen LogP contribution < -0.4 is 0 Å². The highest BCUT2D eigenvalue weighted by molar-refractivity contribution is 4.71. The molecule has 176 valence electrons. The van der Waals surface area contributed by atoms with Crippen molar-refractivity contribution >= 4 is 0 Å². The average Bonchev–Trinajstić information content (AvgIpc) is 3.16. The van der Waals surface area contributed by atoms with Gasteiger partial charge in [0.05, 0.1) is 0 Å². The van der Waals surface area contributed by atoms with Crippen molar-refractivity contribution in [1.29, 1.82) is 0 Å². The molecular formula is C26H57N3. The molecule has 0 amide bonds. The van der Waals surface area contributed by atoms with Gasteiger partial charge in [-0.2, -0.15) is 0 Å². The Morgan fingerprint density at radius 1 is 0.517 bits per heavy atom. The van der Waals surface area contributed by atoms with Gasteiger partial charge in [0.25, 0.3) is 0 Å². The minimum atomic E-state index is 0.990. The molecule has 0 radical (unpaired) electrons. The third kappa shape index (κ3) is 15.3. The highest BCUT2D eigenvalue weighted by Gasteiger charge is 2.16. The molecule has 2 unspecified atom stereocenters. The Hall–Kier alpha value is -0.120. The Labute approximate surface area is 185 Å². The summed E-state index contributed by atoms with van der Waals surface area (Å²) in [7, 11) is 6.64. The van der Waals surface area contributed by atoms with Crippen LogP contribution >= 0.6 is 0 Å². The normalized spacial score (nSPS) is 26.5. The van der Waals surface area contributed by atoms with E-state index in [-0.39, 0.29) is 0 Å². The first-order valence-corrected chi connectivity index (χ1v) is 12.9. The van der Waals surface area contributed by atoms with Crippen molar-refractivity contribution in [3.8, 4) is 0 Å². The van der Waals surface area contributed by atoms with Crippen molar-refractivity contribution in [2.24, 2.45) is 17.8 Å². The monoisotopic (exact) mass is 411 g/mol. The topological polar surface area (TPSA) is 9.72 Å². The van der Waals surface area contributed by atoms with E-state index in [9.17, 15) is 0 Å². The van der Waals surface area contributed by atoms with Gasteiger partial charge in [0.1, 0.15) is 0 Å². The van der Waals surface area contributed by atoms with Gasteiger partial charge in [0, 0.05) is 13.1 Å². The van der Waals surface area contributed by atoms with Crippen LogP contribution in [0.5, 0.6) is 0 Å². The van der Waals surface area contributed by atoms with Crippen LogP contribution in [0.15, 0.2) is 0 Å². The zero-order valence-corrected chi connectivity index (χ0v) is 21.7. The minimum Gasteiger partial charge on any atom is -0.306 e. The Morgan fingerprint density at radius 2 is 0.897 bits per heavy atom. The quantitative estimate of drug-likeness (QED) is 0.544. The molecule has 3 rings (SSSR count). The van der Waals surface area contributed by atoms with Crippen molar-refractivity contribution in [2.45, 2.75) is 92.4 Å². The van der Waals surface area contributed by atoms with E-state index in [0.717, 1.165) is 17.8 Å². The van der Waals surface area contributed by atoms with Crippen LogP contribution in [0.25, 0.3) is 0 Å². The Kier molecular flexibility index (Phi) is 18.6. The summed E-state index contributed by atoms with van der Waals surface area (Å²) < 4.78 is 0. The molecule has 0 N–H and O–H groups in total. The van der Waals surface area contributed by atoms with E-state index >= 15 is 0 Å². The first-order valence-electron chi connectivity index (χ1n) is 12.9. The van der Waals surface area contributed by atoms with Crippen LogP contribution in [0.1, 0.15) is 92.4 Å². The summed E-state index contributed by atoms with van der Waals surface area (Å²) in [5.74, 6) is 3.02. The van der Waals surface area contributed by atoms with Crippen molar-refractivity contribution in [1.82, 2.24) is 14.7 Å². The Balaban J connectivity index is 0.000000380. The molecule has 3 heterocycles. The third-order valence-electron chi connectivity index (χ3n) is 6.78. The molecule has 0 spiro atoms. The van der Waals surface area contributed by atoms with Gasteiger partial charge < -0.3 is 14.7 Å². The van der Waals surface area contributed by atoms with Gasteiger partial charge in [-0.25, -0.2) is 0 Å². The molecule has 0 bridgehead atoms. The first-order chi connectivity index (χ1) is 13.9. The lowest BCUT2D eigenvalue weighted by Gasteiger charge is -2.28. The van der Waals surface area contributed by atoms with Gasteiger partial charge in [-0.05, 0) is 97.2 Å². The molecule has 0 saturated carbocycles. The highest BCUT2D eigenvalue weighted by Crippen LogP contribution is 2.18. The molecule has 3 heteroatoms. The number of rotatable bonds is 3. The van der Waals surface area contributed by atoms with E-state index in [4.69, 9.17) is 0 Å². The summed E-state index contributed by atoms with van der Waals surface area (Å²) in [6.07, 6.45) is 12.5. The summed E-state index contributed by atoms with van der Waals surface area (Å²) in [5, 5.41) is 0. The molecule has 0 aromatic carbocycles. The number of piperidine rings is 2. The third-order valence-corrected chi connectivity index (χ3v) is 6.78. The lowest BCUT2D eigenvalue weighted by atomic mass is 9.95. The van der Waals surface area contributed by atoms with E-state index in [1.807, 2.05) is 0 Å². The maximum Gasteiger partial charge on any atom is 0.000698 e. The molecule has 0 aromatic rings. The molecule has 3 aliphatic heterocycles. The van der Waals surface area contributed by atoms with Crippen molar-refractivity contribution in [3.63, 3.8) is 0 Å². The molecule has 0 aromatic heterocycles. The molecule has 29 heavy (non-hydrogen) atoms. The molecule has 3 fully saturated rings. The summed E-state index contributed by atoms with van der Waals surface area (Å²) in [5.41, 5.74) is 0. The largest absolute Gasteiger partial charge is 0.306 e. The Bertz CT molecular complexity index is 339. The fraction of sp³-hybridized carbons (Fsp3) is 1.00. The van der Waals surface area contributed by atoms with Crippen LogP contribution in [0.4, 0.5) is 0 Å². The SMILES string of the molecule is CCC.CCC1CCCN(C)C1.CCC1CCN(C)C1.CCC1CCN(C)CC1. The maximum absolute atomic E-state index is 2.44. The molecule has 3 saturated heterocycles. The fourth-order valence-corrected chi connectivity index (χ4v) is 4.44. The van der Waals surface area contributed by atoms with E-state index in [1.165, 1.54) is 97.1 Å². The van der Waals surface area contributed by atoms with Crippen LogP contribution in [-0.2, 0) is 0 Å². The molecule has 3 aliphatic rings. The fourth-order valence-electron chi connectivity index (χ4n) is 4.44. The predicted octanol–water partition coefficient (Wildman–Crippen LogP) is 6.24. The van der Waals surface area contributed by atoms with Crippen LogP contribution in [-0.4, -0.2) is 75.1 Å². The summed E-state index contributed by atoms with van der Waals surface area (Å²) in [6.45, 7) is 19.1. The summed E-state index contributed by atoms with van der Waals surface area (Å²) in [6, 6.07) is 0. The second-order valence-electron chi connectivity index (χ2n) is 9.87. The zero-order chi connectivity index (χ0) is 22.1. The second-order valence-corrected chi connectivity index (χ2v) is 9.87. The van der Waals surface area contributed by atoms with Crippen LogP contribution in [0.3, 0.4) is 0 Å². The number of hydrogen-bond donors (Lipinski definition) is 0. The first kappa shape index (κ1) is 28.9. The standard InChI is InChI=1S/2C8H17N.C7H15N.C3H8/c1-3-8-4-6-9(2)7-5-8;1-3-8-5-4-6-9(2)7-8;1-3-7-4-5-8(2)6-7;1-3-2/h2*8H,3-7H2,1-2H3;7H,3-6H2,1-2H3;3H2,1-2H3. The molecular weight excluding hydrogens is 354 g/mol. The summed E-state index contributed by atoms with van der Waals surface area (Å²) >= 11 is 0. The lowest BCUT2D eigenvalue weighted by Crippen LogP contribution is -2.31. The Morgan fingerprint density at radius 3 is 1.24 bits per heavy atom. The van der Waals surface area contributed by atoms with Gasteiger partial charge in [-0.15, -0.1) is 0 Å². The van der Waals surface area contributed by atoms with E-state index in [1.54, 1.807) is 0 Å². The van der Waals surface area contributed by atoms with Gasteiger partial charge in [0.2, 0.25) is 0 Å². The second kappa shape index (κ2) is 18.6. The van der Waals surface area contributed by atoms with E-state index in [0.29, 0.717) is 0 Å². The average molecular weight is 412 g/mol. The van der Waals surface area contributed by atoms with Gasteiger partial charge in [-0.3, -0.25) is 0 Å². The van der Waals surface area contributed by atoms with Crippen molar-refractivity contribution in [3.05, 3.63) is 0 Å². The smallest absolute Gasteiger partial charge is 0.000698 e. The number of hydrogen-bond acceptors (Lipinski definition) is 3. The predicted molar refractivity (Wildman–Crippen MR) is 133 cm³/mol. The van der Waals surface area contributed by atoms with Crippen LogP contribution in [0, 0.1) is 17.8 Å². The number of nitrogens with zero attached hydrogens (tertiary/aromatic N) is 3. The summed E-state index contributed by atoms with van der Waals surface area (Å²) in [4.78, 5) is 7.28. The van der Waals surface area contributed by atoms with Crippen molar-refractivity contribution in [2.75, 3.05) is 60.4 Å². The van der Waals surface area contributed by atoms with Gasteiger partial charge in [-0.1, -0.05) is 60.3 Å². The van der Waals surface area contributed by atoms with Gasteiger partial charge in [0.15, 0.2) is 0 Å². The molecule has 0 aliphatic carbocycles. The number of likely N-dealkylation sites (tertiary alicyclic amines) is 3. The minimum absolute atomic E-state index is 0.990. The molecule has 2 atom stereocenters. The van der Waals surface area contributed by atoms with Crippen molar-refractivity contribution < 1.29 is 0 Å². The van der Waals surface area contributed by atoms with Gasteiger partial charge >= 0.3 is 0 Å². The highest BCUT2D eigenvalue weighted by atomic mass is 15.1. The molecule has 3 nitrogen and oxygen atoms in total. The van der Waals surface area contributed by atoms with Crippen LogP contribution in [0.2, 0.25) is 0 Å². The maximum atomic E-state index is 2.44. The zero-order valence-electron chi connectivity index (χ0n) is 21.7. The van der Waals surface area contributed by atoms with E-state index < -0.39 is 0 Å². The van der Waals surface area contributed by atoms with E-state index in [2.05, 4.69) is 70.5 Å². The lowest BCUT2D eigenvalue weighted by molar-refractivity contribution is 0.206.